The fourth-order valence-corrected chi connectivity index (χ4v) is 1.49. The van der Waals surface area contributed by atoms with Gasteiger partial charge in [0.1, 0.15) is 0 Å². The maximum atomic E-state index is 11.8. The average molecular weight is 254 g/mol. The average Bonchev–Trinajstić information content (AvgIpc) is 2.29. The Morgan fingerprint density at radius 2 is 2.00 bits per heavy atom. The number of carbonyl (C=O) groups is 2. The second kappa shape index (κ2) is 5.82. The first kappa shape index (κ1) is 13.7. The van der Waals surface area contributed by atoms with E-state index >= 15 is 0 Å². The van der Waals surface area contributed by atoms with E-state index in [-0.39, 0.29) is 24.2 Å². The van der Waals surface area contributed by atoms with Gasteiger partial charge < -0.3 is 5.32 Å². The number of rotatable bonds is 4. The maximum absolute atomic E-state index is 11.8. The molecular formula is C13H16ClNO2. The van der Waals surface area contributed by atoms with Crippen LogP contribution in [0.15, 0.2) is 18.2 Å². The van der Waals surface area contributed by atoms with Gasteiger partial charge in [0.15, 0.2) is 5.78 Å². The summed E-state index contributed by atoms with van der Waals surface area (Å²) in [5, 5.41) is 3.15. The van der Waals surface area contributed by atoms with Gasteiger partial charge in [-0.3, -0.25) is 9.59 Å². The summed E-state index contributed by atoms with van der Waals surface area (Å²) in [6, 6.07) is 5.14. The van der Waals surface area contributed by atoms with E-state index in [4.69, 9.17) is 11.6 Å². The summed E-state index contributed by atoms with van der Waals surface area (Å²) < 4.78 is 0. The Bertz CT molecular complexity index is 441. The van der Waals surface area contributed by atoms with Gasteiger partial charge in [-0.2, -0.15) is 0 Å². The van der Waals surface area contributed by atoms with E-state index in [1.807, 2.05) is 0 Å². The Hall–Kier alpha value is -1.35. The second-order valence-electron chi connectivity index (χ2n) is 4.22. The SMILES string of the molecule is Cc1c(Cl)cccc1C(=O)NCC(=O)C(C)C. The van der Waals surface area contributed by atoms with E-state index in [2.05, 4.69) is 5.32 Å². The molecule has 1 rings (SSSR count). The Labute approximate surface area is 106 Å². The number of hydrogen-bond donors (Lipinski definition) is 1. The molecule has 0 saturated carbocycles. The number of halogens is 1. The first-order chi connectivity index (χ1) is 7.93. The number of carbonyl (C=O) groups excluding carboxylic acids is 2. The van der Waals surface area contributed by atoms with Gasteiger partial charge in [0.2, 0.25) is 0 Å². The zero-order valence-electron chi connectivity index (χ0n) is 10.2. The van der Waals surface area contributed by atoms with Crippen LogP contribution in [0.4, 0.5) is 0 Å². The van der Waals surface area contributed by atoms with Crippen molar-refractivity contribution >= 4 is 23.3 Å². The molecule has 17 heavy (non-hydrogen) atoms. The van der Waals surface area contributed by atoms with Crippen LogP contribution >= 0.6 is 11.6 Å². The summed E-state index contributed by atoms with van der Waals surface area (Å²) in [7, 11) is 0. The molecule has 0 spiro atoms. The number of nitrogens with one attached hydrogen (secondary N) is 1. The zero-order chi connectivity index (χ0) is 13.0. The molecule has 0 bridgehead atoms. The second-order valence-corrected chi connectivity index (χ2v) is 4.62. The molecule has 92 valence electrons. The van der Waals surface area contributed by atoms with Crippen LogP contribution in [0.5, 0.6) is 0 Å². The molecule has 3 nitrogen and oxygen atoms in total. The lowest BCUT2D eigenvalue weighted by atomic mass is 10.1. The van der Waals surface area contributed by atoms with Crippen LogP contribution in [-0.2, 0) is 4.79 Å². The number of benzene rings is 1. The number of hydrogen-bond acceptors (Lipinski definition) is 2. The van der Waals surface area contributed by atoms with Crippen LogP contribution in [0.2, 0.25) is 5.02 Å². The Morgan fingerprint density at radius 1 is 1.35 bits per heavy atom. The molecule has 0 atom stereocenters. The van der Waals surface area contributed by atoms with Gasteiger partial charge >= 0.3 is 0 Å². The molecule has 1 aromatic rings. The van der Waals surface area contributed by atoms with E-state index in [0.717, 1.165) is 5.56 Å². The fourth-order valence-electron chi connectivity index (χ4n) is 1.32. The van der Waals surface area contributed by atoms with Crippen LogP contribution in [0.3, 0.4) is 0 Å². The number of Topliss-reactive ketones (excluding diaryl/α,β-unsaturated/α-hetero) is 1. The summed E-state index contributed by atoms with van der Waals surface area (Å²) in [4.78, 5) is 23.2. The third-order valence-electron chi connectivity index (χ3n) is 2.58. The van der Waals surface area contributed by atoms with Gasteiger partial charge in [-0.1, -0.05) is 31.5 Å². The normalized spacial score (nSPS) is 10.4. The highest BCUT2D eigenvalue weighted by molar-refractivity contribution is 6.31. The van der Waals surface area contributed by atoms with Crippen LogP contribution in [0, 0.1) is 12.8 Å². The quantitative estimate of drug-likeness (QED) is 0.897. The van der Waals surface area contributed by atoms with Crippen molar-refractivity contribution in [2.24, 2.45) is 5.92 Å². The van der Waals surface area contributed by atoms with Crippen molar-refractivity contribution in [3.05, 3.63) is 34.3 Å². The Morgan fingerprint density at radius 3 is 2.59 bits per heavy atom. The highest BCUT2D eigenvalue weighted by atomic mass is 35.5. The van der Waals surface area contributed by atoms with E-state index in [1.54, 1.807) is 39.0 Å². The van der Waals surface area contributed by atoms with Crippen molar-refractivity contribution in [1.29, 1.82) is 0 Å². The molecule has 0 radical (unpaired) electrons. The number of amides is 1. The summed E-state index contributed by atoms with van der Waals surface area (Å²) >= 11 is 5.92. The van der Waals surface area contributed by atoms with Gasteiger partial charge in [0.25, 0.3) is 5.91 Å². The first-order valence-corrected chi connectivity index (χ1v) is 5.87. The minimum Gasteiger partial charge on any atom is -0.345 e. The van der Waals surface area contributed by atoms with Crippen LogP contribution < -0.4 is 5.32 Å². The molecular weight excluding hydrogens is 238 g/mol. The maximum Gasteiger partial charge on any atom is 0.251 e. The molecule has 1 amide bonds. The predicted octanol–water partition coefficient (Wildman–Crippen LogP) is 2.60. The fraction of sp³-hybridized carbons (Fsp3) is 0.385. The zero-order valence-corrected chi connectivity index (χ0v) is 11.0. The molecule has 4 heteroatoms. The van der Waals surface area contributed by atoms with Crippen LogP contribution in [-0.4, -0.2) is 18.2 Å². The summed E-state index contributed by atoms with van der Waals surface area (Å²) in [5.41, 5.74) is 1.23. The summed E-state index contributed by atoms with van der Waals surface area (Å²) in [5.74, 6) is -0.326. The van der Waals surface area contributed by atoms with E-state index in [0.29, 0.717) is 10.6 Å². The molecule has 1 aromatic carbocycles. The molecule has 0 aromatic heterocycles. The number of ketones is 1. The van der Waals surface area contributed by atoms with E-state index in [1.165, 1.54) is 0 Å². The highest BCUT2D eigenvalue weighted by Crippen LogP contribution is 2.18. The van der Waals surface area contributed by atoms with Gasteiger partial charge in [-0.15, -0.1) is 0 Å². The van der Waals surface area contributed by atoms with Gasteiger partial charge in [-0.05, 0) is 24.6 Å². The third-order valence-corrected chi connectivity index (χ3v) is 2.99. The van der Waals surface area contributed by atoms with Gasteiger partial charge in [0, 0.05) is 16.5 Å². The molecule has 0 aliphatic heterocycles. The topological polar surface area (TPSA) is 46.2 Å². The molecule has 0 saturated heterocycles. The van der Waals surface area contributed by atoms with Crippen molar-refractivity contribution in [3.63, 3.8) is 0 Å². The smallest absolute Gasteiger partial charge is 0.251 e. The minimum atomic E-state index is -0.265. The van der Waals surface area contributed by atoms with Gasteiger partial charge in [0.05, 0.1) is 6.54 Å². The van der Waals surface area contributed by atoms with Crippen molar-refractivity contribution in [2.75, 3.05) is 6.54 Å². The lowest BCUT2D eigenvalue weighted by Crippen LogP contribution is -2.31. The molecule has 0 fully saturated rings. The van der Waals surface area contributed by atoms with Crippen molar-refractivity contribution in [2.45, 2.75) is 20.8 Å². The Balaban J connectivity index is 2.71. The van der Waals surface area contributed by atoms with Gasteiger partial charge in [-0.25, -0.2) is 0 Å². The highest BCUT2D eigenvalue weighted by Gasteiger charge is 2.13. The first-order valence-electron chi connectivity index (χ1n) is 5.49. The molecule has 1 N–H and O–H groups in total. The summed E-state index contributed by atoms with van der Waals surface area (Å²) in [6.45, 7) is 5.45. The van der Waals surface area contributed by atoms with E-state index < -0.39 is 0 Å². The minimum absolute atomic E-state index is 0.0121. The largest absolute Gasteiger partial charge is 0.345 e. The van der Waals surface area contributed by atoms with Crippen molar-refractivity contribution < 1.29 is 9.59 Å². The standard InChI is InChI=1S/C13H16ClNO2/c1-8(2)12(16)7-15-13(17)10-5-4-6-11(14)9(10)3/h4-6,8H,7H2,1-3H3,(H,15,17). The van der Waals surface area contributed by atoms with Crippen molar-refractivity contribution in [3.8, 4) is 0 Å². The predicted molar refractivity (Wildman–Crippen MR) is 68.4 cm³/mol. The third kappa shape index (κ3) is 3.56. The molecule has 0 unspecified atom stereocenters. The summed E-state index contributed by atoms with van der Waals surface area (Å²) in [6.07, 6.45) is 0. The van der Waals surface area contributed by atoms with E-state index in [9.17, 15) is 9.59 Å². The lowest BCUT2D eigenvalue weighted by Gasteiger charge is -2.09. The molecule has 0 heterocycles. The molecule has 0 aliphatic carbocycles. The Kier molecular flexibility index (Phi) is 4.70. The van der Waals surface area contributed by atoms with Crippen LogP contribution in [0.1, 0.15) is 29.8 Å². The molecule has 0 aliphatic rings. The monoisotopic (exact) mass is 253 g/mol. The van der Waals surface area contributed by atoms with Crippen LogP contribution in [0.25, 0.3) is 0 Å². The lowest BCUT2D eigenvalue weighted by molar-refractivity contribution is -0.120. The van der Waals surface area contributed by atoms with Crippen molar-refractivity contribution in [1.82, 2.24) is 5.32 Å².